The Bertz CT molecular complexity index is 1210. The number of hydrogen-bond acceptors (Lipinski definition) is 7. The molecule has 1 unspecified atom stereocenters. The van der Waals surface area contributed by atoms with E-state index in [0.29, 0.717) is 41.3 Å². The van der Waals surface area contributed by atoms with Crippen LogP contribution in [0, 0.1) is 6.92 Å². The SMILES string of the molecule is C=CCn1c(SCC(=O)N(C)CC(=O)Nc2ccc(C)cc2)nnc1C1COc2ccccc2O1. The smallest absolute Gasteiger partial charge is 0.243 e. The third-order valence-corrected chi connectivity index (χ3v) is 6.27. The predicted octanol–water partition coefficient (Wildman–Crippen LogP) is 3.47. The molecule has 0 bridgehead atoms. The first-order valence-electron chi connectivity index (χ1n) is 11.1. The van der Waals surface area contributed by atoms with Crippen molar-refractivity contribution in [3.8, 4) is 11.5 Å². The van der Waals surface area contributed by atoms with Crippen LogP contribution in [0.3, 0.4) is 0 Å². The first kappa shape index (κ1) is 24.3. The lowest BCUT2D eigenvalue weighted by Gasteiger charge is -2.26. The lowest BCUT2D eigenvalue weighted by atomic mass is 10.2. The molecule has 35 heavy (non-hydrogen) atoms. The molecule has 0 spiro atoms. The molecule has 3 aromatic rings. The fraction of sp³-hybridized carbons (Fsp3) is 0.280. The number of nitrogens with zero attached hydrogens (tertiary/aromatic N) is 4. The fourth-order valence-electron chi connectivity index (χ4n) is 3.47. The normalized spacial score (nSPS) is 14.3. The Hall–Kier alpha value is -3.79. The summed E-state index contributed by atoms with van der Waals surface area (Å²) in [6, 6.07) is 14.9. The Morgan fingerprint density at radius 3 is 2.69 bits per heavy atom. The van der Waals surface area contributed by atoms with Crippen LogP contribution in [0.1, 0.15) is 17.5 Å². The summed E-state index contributed by atoms with van der Waals surface area (Å²) in [5.41, 5.74) is 1.80. The van der Waals surface area contributed by atoms with Gasteiger partial charge >= 0.3 is 0 Å². The summed E-state index contributed by atoms with van der Waals surface area (Å²) >= 11 is 1.25. The molecule has 2 aromatic carbocycles. The number of aryl methyl sites for hydroxylation is 1. The number of aromatic nitrogens is 3. The van der Waals surface area contributed by atoms with Crippen LogP contribution in [-0.2, 0) is 16.1 Å². The van der Waals surface area contributed by atoms with E-state index in [4.69, 9.17) is 9.47 Å². The van der Waals surface area contributed by atoms with Gasteiger partial charge in [0, 0.05) is 19.3 Å². The molecule has 1 aliphatic rings. The molecule has 0 aliphatic carbocycles. The van der Waals surface area contributed by atoms with Crippen molar-refractivity contribution in [2.75, 3.05) is 31.3 Å². The number of anilines is 1. The Labute approximate surface area is 208 Å². The molecule has 2 heterocycles. The number of para-hydroxylation sites is 2. The molecule has 0 saturated heterocycles. The van der Waals surface area contributed by atoms with E-state index < -0.39 is 6.10 Å². The van der Waals surface area contributed by atoms with Gasteiger partial charge in [-0.2, -0.15) is 0 Å². The van der Waals surface area contributed by atoms with Crippen LogP contribution in [0.5, 0.6) is 11.5 Å². The van der Waals surface area contributed by atoms with Gasteiger partial charge in [0.25, 0.3) is 0 Å². The van der Waals surface area contributed by atoms with Crippen molar-refractivity contribution in [1.82, 2.24) is 19.7 Å². The summed E-state index contributed by atoms with van der Waals surface area (Å²) in [5.74, 6) is 1.57. The molecule has 10 heteroatoms. The van der Waals surface area contributed by atoms with Gasteiger partial charge in [0.05, 0.1) is 12.3 Å². The molecule has 1 aliphatic heterocycles. The minimum absolute atomic E-state index is 0.0511. The number of amides is 2. The zero-order chi connectivity index (χ0) is 24.8. The Morgan fingerprint density at radius 1 is 1.20 bits per heavy atom. The minimum atomic E-state index is -0.435. The lowest BCUT2D eigenvalue weighted by molar-refractivity contribution is -0.131. The maximum Gasteiger partial charge on any atom is 0.243 e. The van der Waals surface area contributed by atoms with Crippen LogP contribution in [0.25, 0.3) is 0 Å². The molecular weight excluding hydrogens is 466 g/mol. The summed E-state index contributed by atoms with van der Waals surface area (Å²) in [6.07, 6.45) is 1.30. The summed E-state index contributed by atoms with van der Waals surface area (Å²) in [5, 5.41) is 11.9. The number of likely N-dealkylation sites (N-methyl/N-ethyl adjacent to an activating group) is 1. The van der Waals surface area contributed by atoms with Crippen LogP contribution < -0.4 is 14.8 Å². The molecule has 2 amide bonds. The van der Waals surface area contributed by atoms with Gasteiger partial charge in [-0.15, -0.1) is 16.8 Å². The van der Waals surface area contributed by atoms with Crippen LogP contribution in [0.2, 0.25) is 0 Å². The van der Waals surface area contributed by atoms with Gasteiger partial charge in [0.2, 0.25) is 11.8 Å². The zero-order valence-corrected chi connectivity index (χ0v) is 20.5. The molecule has 0 saturated carbocycles. The van der Waals surface area contributed by atoms with E-state index in [2.05, 4.69) is 22.1 Å². The van der Waals surface area contributed by atoms with E-state index in [1.807, 2.05) is 60.0 Å². The first-order chi connectivity index (χ1) is 16.9. The van der Waals surface area contributed by atoms with Crippen molar-refractivity contribution < 1.29 is 19.1 Å². The predicted molar refractivity (Wildman–Crippen MR) is 134 cm³/mol. The maximum absolute atomic E-state index is 12.7. The number of ether oxygens (including phenoxy) is 2. The summed E-state index contributed by atoms with van der Waals surface area (Å²) < 4.78 is 13.7. The largest absolute Gasteiger partial charge is 0.485 e. The number of nitrogens with one attached hydrogen (secondary N) is 1. The second-order valence-corrected chi connectivity index (χ2v) is 9.00. The highest BCUT2D eigenvalue weighted by Crippen LogP contribution is 2.36. The molecule has 1 atom stereocenters. The molecule has 0 radical (unpaired) electrons. The van der Waals surface area contributed by atoms with Crippen LogP contribution in [-0.4, -0.2) is 57.4 Å². The van der Waals surface area contributed by atoms with Crippen molar-refractivity contribution in [1.29, 1.82) is 0 Å². The van der Waals surface area contributed by atoms with Crippen LogP contribution in [0.4, 0.5) is 5.69 Å². The van der Waals surface area contributed by atoms with Crippen molar-refractivity contribution in [2.24, 2.45) is 0 Å². The monoisotopic (exact) mass is 493 g/mol. The number of hydrogen-bond donors (Lipinski definition) is 1. The van der Waals surface area contributed by atoms with Crippen LogP contribution in [0.15, 0.2) is 66.3 Å². The molecule has 1 aromatic heterocycles. The van der Waals surface area contributed by atoms with Gasteiger partial charge < -0.3 is 19.7 Å². The van der Waals surface area contributed by atoms with E-state index >= 15 is 0 Å². The van der Waals surface area contributed by atoms with Gasteiger partial charge in [-0.3, -0.25) is 14.2 Å². The Morgan fingerprint density at radius 2 is 1.94 bits per heavy atom. The highest BCUT2D eigenvalue weighted by atomic mass is 32.2. The Balaban J connectivity index is 1.35. The van der Waals surface area contributed by atoms with Crippen molar-refractivity contribution in [2.45, 2.75) is 24.7 Å². The number of carbonyl (C=O) groups excluding carboxylic acids is 2. The number of carbonyl (C=O) groups is 2. The second-order valence-electron chi connectivity index (χ2n) is 8.06. The summed E-state index contributed by atoms with van der Waals surface area (Å²) in [4.78, 5) is 26.4. The first-order valence-corrected chi connectivity index (χ1v) is 12.1. The molecule has 1 N–H and O–H groups in total. The lowest BCUT2D eigenvalue weighted by Crippen LogP contribution is -2.36. The van der Waals surface area contributed by atoms with E-state index in [1.54, 1.807) is 13.1 Å². The number of fused-ring (bicyclic) bond motifs is 1. The third-order valence-electron chi connectivity index (χ3n) is 5.32. The molecule has 0 fully saturated rings. The van der Waals surface area contributed by atoms with E-state index in [9.17, 15) is 9.59 Å². The number of allylic oxidation sites excluding steroid dienone is 1. The average molecular weight is 494 g/mol. The van der Waals surface area contributed by atoms with Gasteiger partial charge in [-0.05, 0) is 31.2 Å². The second kappa shape index (κ2) is 11.1. The average Bonchev–Trinajstić information content (AvgIpc) is 3.26. The molecular formula is C25H27N5O4S. The van der Waals surface area contributed by atoms with Gasteiger partial charge in [0.15, 0.2) is 28.6 Å². The van der Waals surface area contributed by atoms with E-state index in [-0.39, 0.29) is 24.1 Å². The number of benzene rings is 2. The van der Waals surface area contributed by atoms with Crippen molar-refractivity contribution >= 4 is 29.3 Å². The number of thioether (sulfide) groups is 1. The van der Waals surface area contributed by atoms with Gasteiger partial charge in [0.1, 0.15) is 6.61 Å². The van der Waals surface area contributed by atoms with Crippen molar-refractivity contribution in [3.63, 3.8) is 0 Å². The Kier molecular flexibility index (Phi) is 7.71. The third kappa shape index (κ3) is 6.02. The van der Waals surface area contributed by atoms with E-state index in [1.165, 1.54) is 16.7 Å². The number of rotatable bonds is 9. The quantitative estimate of drug-likeness (QED) is 0.360. The van der Waals surface area contributed by atoms with Gasteiger partial charge in [-0.1, -0.05) is 47.7 Å². The summed E-state index contributed by atoms with van der Waals surface area (Å²) in [7, 11) is 1.60. The summed E-state index contributed by atoms with van der Waals surface area (Å²) in [6.45, 7) is 6.50. The zero-order valence-electron chi connectivity index (χ0n) is 19.6. The molecule has 4 rings (SSSR count). The standard InChI is InChI=1S/C25H27N5O4S/c1-4-13-30-24(21-15-33-19-7-5-6-8-20(19)34-21)27-28-25(30)35-16-23(32)29(3)14-22(31)26-18-11-9-17(2)10-12-18/h4-12,21H,1,13-16H2,2-3H3,(H,26,31). The van der Waals surface area contributed by atoms with E-state index in [0.717, 1.165) is 5.56 Å². The molecule has 182 valence electrons. The minimum Gasteiger partial charge on any atom is -0.485 e. The van der Waals surface area contributed by atoms with Gasteiger partial charge in [-0.25, -0.2) is 0 Å². The fourth-order valence-corrected chi connectivity index (χ4v) is 4.37. The van der Waals surface area contributed by atoms with Crippen molar-refractivity contribution in [3.05, 3.63) is 72.6 Å². The maximum atomic E-state index is 12.7. The highest BCUT2D eigenvalue weighted by Gasteiger charge is 2.28. The highest BCUT2D eigenvalue weighted by molar-refractivity contribution is 7.99. The van der Waals surface area contributed by atoms with Crippen LogP contribution >= 0.6 is 11.8 Å². The molecule has 9 nitrogen and oxygen atoms in total. The topological polar surface area (TPSA) is 98.6 Å².